The molecule has 0 bridgehead atoms. The Morgan fingerprint density at radius 1 is 1.11 bits per heavy atom. The number of benzene rings is 1. The van der Waals surface area contributed by atoms with Gasteiger partial charge in [-0.1, -0.05) is 37.0 Å². The molecule has 3 aromatic rings. The van der Waals surface area contributed by atoms with Crippen LogP contribution in [-0.2, 0) is 6.42 Å². The van der Waals surface area contributed by atoms with E-state index in [0.29, 0.717) is 27.7 Å². The van der Waals surface area contributed by atoms with E-state index in [1.807, 2.05) is 12.1 Å². The maximum absolute atomic E-state index is 13.0. The fraction of sp³-hybridized carbons (Fsp3) is 0.238. The van der Waals surface area contributed by atoms with Crippen LogP contribution in [0.5, 0.6) is 0 Å². The van der Waals surface area contributed by atoms with E-state index in [1.165, 1.54) is 0 Å². The Kier molecular flexibility index (Phi) is 4.49. The number of pyridine rings is 1. The quantitative estimate of drug-likeness (QED) is 0.544. The molecular weight excluding hydrogens is 381 g/mol. The third-order valence-electron chi connectivity index (χ3n) is 4.81. The van der Waals surface area contributed by atoms with Crippen molar-refractivity contribution in [2.75, 3.05) is 5.32 Å². The number of carbonyl (C=O) groups excluding carboxylic acids is 1. The van der Waals surface area contributed by atoms with Gasteiger partial charge < -0.3 is 10.3 Å². The van der Waals surface area contributed by atoms with Crippen molar-refractivity contribution in [2.45, 2.75) is 26.7 Å². The summed E-state index contributed by atoms with van der Waals surface area (Å²) >= 11 is 12.5. The second-order valence-corrected chi connectivity index (χ2v) is 8.50. The number of nitrogens with zero attached hydrogens (tertiary/aromatic N) is 1. The Morgan fingerprint density at radius 3 is 2.59 bits per heavy atom. The summed E-state index contributed by atoms with van der Waals surface area (Å²) in [6, 6.07) is 9.06. The van der Waals surface area contributed by atoms with Gasteiger partial charge in [0.15, 0.2) is 5.78 Å². The van der Waals surface area contributed by atoms with Crippen LogP contribution in [-0.4, -0.2) is 15.8 Å². The number of fused-ring (bicyclic) bond motifs is 1. The van der Waals surface area contributed by atoms with Crippen molar-refractivity contribution in [3.05, 3.63) is 64.0 Å². The number of carbonyl (C=O) groups is 1. The monoisotopic (exact) mass is 399 g/mol. The number of Topliss-reactive ketones (excluding diaryl/α,β-unsaturated/α-hetero) is 1. The molecule has 0 amide bonds. The molecule has 138 valence electrons. The van der Waals surface area contributed by atoms with Crippen LogP contribution in [0.25, 0.3) is 11.3 Å². The average Bonchev–Trinajstić information content (AvgIpc) is 2.96. The zero-order valence-corrected chi connectivity index (χ0v) is 16.6. The van der Waals surface area contributed by atoms with Gasteiger partial charge in [0.1, 0.15) is 0 Å². The highest BCUT2D eigenvalue weighted by atomic mass is 35.5. The smallest absolute Gasteiger partial charge is 0.167 e. The maximum atomic E-state index is 13.0. The van der Waals surface area contributed by atoms with Crippen molar-refractivity contribution in [3.8, 4) is 11.3 Å². The summed E-state index contributed by atoms with van der Waals surface area (Å²) in [6.45, 7) is 4.23. The Labute approximate surface area is 167 Å². The van der Waals surface area contributed by atoms with Crippen LogP contribution in [0, 0.1) is 5.41 Å². The van der Waals surface area contributed by atoms with Crippen molar-refractivity contribution in [1.82, 2.24) is 9.97 Å². The number of hydrogen-bond acceptors (Lipinski definition) is 3. The van der Waals surface area contributed by atoms with E-state index in [-0.39, 0.29) is 11.2 Å². The molecule has 0 fully saturated rings. The van der Waals surface area contributed by atoms with Crippen molar-refractivity contribution in [1.29, 1.82) is 0 Å². The molecule has 2 aromatic heterocycles. The lowest BCUT2D eigenvalue weighted by atomic mass is 9.76. The number of anilines is 2. The number of aromatic nitrogens is 2. The predicted molar refractivity (Wildman–Crippen MR) is 110 cm³/mol. The van der Waals surface area contributed by atoms with Gasteiger partial charge >= 0.3 is 0 Å². The number of halogens is 2. The van der Waals surface area contributed by atoms with Gasteiger partial charge in [-0.05, 0) is 42.2 Å². The fourth-order valence-electron chi connectivity index (χ4n) is 3.64. The Hall–Kier alpha value is -2.30. The lowest BCUT2D eigenvalue weighted by Crippen LogP contribution is -2.26. The molecule has 6 heteroatoms. The first-order valence-corrected chi connectivity index (χ1v) is 9.50. The van der Waals surface area contributed by atoms with Crippen LogP contribution in [0.1, 0.15) is 36.3 Å². The first-order valence-electron chi connectivity index (χ1n) is 8.74. The van der Waals surface area contributed by atoms with Crippen LogP contribution in [0.3, 0.4) is 0 Å². The molecule has 0 radical (unpaired) electrons. The van der Waals surface area contributed by atoms with Gasteiger partial charge in [0.05, 0.1) is 27.7 Å². The summed E-state index contributed by atoms with van der Waals surface area (Å²) in [4.78, 5) is 20.5. The highest BCUT2D eigenvalue weighted by Crippen LogP contribution is 2.44. The molecule has 1 aliphatic rings. The van der Waals surface area contributed by atoms with Gasteiger partial charge in [-0.25, -0.2) is 0 Å². The van der Waals surface area contributed by atoms with Crippen molar-refractivity contribution in [3.63, 3.8) is 0 Å². The Morgan fingerprint density at radius 2 is 1.85 bits per heavy atom. The van der Waals surface area contributed by atoms with Gasteiger partial charge in [-0.2, -0.15) is 0 Å². The summed E-state index contributed by atoms with van der Waals surface area (Å²) in [5.41, 5.74) is 4.78. The molecule has 0 atom stereocenters. The summed E-state index contributed by atoms with van der Waals surface area (Å²) in [7, 11) is 0. The minimum absolute atomic E-state index is 0.0740. The molecule has 0 unspecified atom stereocenters. The number of ketones is 1. The third kappa shape index (κ3) is 3.47. The van der Waals surface area contributed by atoms with E-state index < -0.39 is 0 Å². The van der Waals surface area contributed by atoms with Gasteiger partial charge in [-0.15, -0.1) is 0 Å². The molecule has 4 rings (SSSR count). The average molecular weight is 400 g/mol. The van der Waals surface area contributed by atoms with Crippen LogP contribution in [0.15, 0.2) is 42.7 Å². The molecule has 0 spiro atoms. The molecule has 1 aromatic carbocycles. The van der Waals surface area contributed by atoms with Crippen LogP contribution in [0.2, 0.25) is 10.0 Å². The topological polar surface area (TPSA) is 57.8 Å². The second-order valence-electron chi connectivity index (χ2n) is 7.65. The van der Waals surface area contributed by atoms with Crippen molar-refractivity contribution >= 4 is 40.4 Å². The number of hydrogen-bond donors (Lipinski definition) is 2. The van der Waals surface area contributed by atoms with E-state index in [1.54, 1.807) is 30.6 Å². The van der Waals surface area contributed by atoms with E-state index in [0.717, 1.165) is 29.1 Å². The Bertz CT molecular complexity index is 1030. The van der Waals surface area contributed by atoms with Crippen LogP contribution >= 0.6 is 23.2 Å². The minimum Gasteiger partial charge on any atom is -0.356 e. The van der Waals surface area contributed by atoms with Crippen molar-refractivity contribution < 1.29 is 4.79 Å². The van der Waals surface area contributed by atoms with Crippen LogP contribution < -0.4 is 5.32 Å². The molecule has 4 nitrogen and oxygen atoms in total. The molecule has 0 saturated carbocycles. The predicted octanol–water partition coefficient (Wildman–Crippen LogP) is 6.28. The van der Waals surface area contributed by atoms with E-state index in [2.05, 4.69) is 29.1 Å². The molecule has 2 N–H and O–H groups in total. The largest absolute Gasteiger partial charge is 0.356 e. The lowest BCUT2D eigenvalue weighted by molar-refractivity contribution is 0.0912. The molecule has 27 heavy (non-hydrogen) atoms. The molecule has 2 heterocycles. The van der Waals surface area contributed by atoms with Gasteiger partial charge in [0.2, 0.25) is 0 Å². The fourth-order valence-corrected chi connectivity index (χ4v) is 3.98. The number of H-pyrrole nitrogens is 1. The standard InChI is InChI=1S/C21H19Cl2N3O/c1-21(2)10-16-18(17(27)11-21)20(19(26-16)12-5-7-24-8-6-12)25-15-9-13(22)3-4-14(15)23/h3-9,25-26H,10-11H2,1-2H3. The zero-order chi connectivity index (χ0) is 19.2. The summed E-state index contributed by atoms with van der Waals surface area (Å²) < 4.78 is 0. The number of rotatable bonds is 3. The normalized spacial score (nSPS) is 15.5. The molecule has 0 aliphatic heterocycles. The summed E-state index contributed by atoms with van der Waals surface area (Å²) in [6.07, 6.45) is 4.77. The van der Waals surface area contributed by atoms with Crippen molar-refractivity contribution in [2.24, 2.45) is 5.41 Å². The third-order valence-corrected chi connectivity index (χ3v) is 5.37. The second kappa shape index (κ2) is 6.70. The van der Waals surface area contributed by atoms with E-state index in [4.69, 9.17) is 23.2 Å². The first-order chi connectivity index (χ1) is 12.8. The Balaban J connectivity index is 1.90. The number of aromatic amines is 1. The minimum atomic E-state index is -0.0740. The van der Waals surface area contributed by atoms with Crippen LogP contribution in [0.4, 0.5) is 11.4 Å². The van der Waals surface area contributed by atoms with Gasteiger partial charge in [0.25, 0.3) is 0 Å². The highest BCUT2D eigenvalue weighted by Gasteiger charge is 2.35. The van der Waals surface area contributed by atoms with Gasteiger partial charge in [-0.3, -0.25) is 9.78 Å². The highest BCUT2D eigenvalue weighted by molar-refractivity contribution is 6.35. The zero-order valence-electron chi connectivity index (χ0n) is 15.1. The molecule has 0 saturated heterocycles. The number of nitrogens with one attached hydrogen (secondary N) is 2. The van der Waals surface area contributed by atoms with Gasteiger partial charge in [0, 0.05) is 35.1 Å². The first kappa shape index (κ1) is 18.1. The molecule has 1 aliphatic carbocycles. The summed E-state index contributed by atoms with van der Waals surface area (Å²) in [5.74, 6) is 0.124. The SMILES string of the molecule is CC1(C)CC(=O)c2c([nH]c(-c3ccncc3)c2Nc2cc(Cl)ccc2Cl)C1. The summed E-state index contributed by atoms with van der Waals surface area (Å²) in [5, 5.41) is 4.47. The maximum Gasteiger partial charge on any atom is 0.167 e. The lowest BCUT2D eigenvalue weighted by Gasteiger charge is -2.28. The van der Waals surface area contributed by atoms with E-state index in [9.17, 15) is 4.79 Å². The van der Waals surface area contributed by atoms with E-state index >= 15 is 0 Å². The molecular formula is C21H19Cl2N3O.